The van der Waals surface area contributed by atoms with Gasteiger partial charge in [-0.3, -0.25) is 4.79 Å². The molecule has 0 saturated heterocycles. The Labute approximate surface area is 106 Å². The van der Waals surface area contributed by atoms with Crippen molar-refractivity contribution in [2.75, 3.05) is 6.26 Å². The number of fused-ring (bicyclic) bond motifs is 3. The lowest BCUT2D eigenvalue weighted by Crippen LogP contribution is -2.13. The number of nitrogens with two attached hydrogens (primary N) is 1. The van der Waals surface area contributed by atoms with E-state index in [4.69, 9.17) is 10.3 Å². The van der Waals surface area contributed by atoms with E-state index in [1.807, 2.05) is 6.26 Å². The minimum Gasteiger partial charge on any atom is -0.365 e. The molecule has 88 valence electrons. The van der Waals surface area contributed by atoms with Gasteiger partial charge in [0, 0.05) is 11.1 Å². The van der Waals surface area contributed by atoms with Crippen LogP contribution in [0, 0.1) is 0 Å². The van der Waals surface area contributed by atoms with Crippen molar-refractivity contribution >= 4 is 29.0 Å². The Morgan fingerprint density at radius 1 is 1.59 bits per heavy atom. The van der Waals surface area contributed by atoms with Gasteiger partial charge in [-0.05, 0) is 24.7 Å². The molecule has 1 amide bonds. The Bertz CT molecular complexity index is 601. The summed E-state index contributed by atoms with van der Waals surface area (Å²) in [5.41, 5.74) is 8.58. The summed E-state index contributed by atoms with van der Waals surface area (Å²) in [6.45, 7) is 0. The summed E-state index contributed by atoms with van der Waals surface area (Å²) in [5.74, 6) is 0.453. The summed E-state index contributed by atoms with van der Waals surface area (Å²) in [4.78, 5) is 12.1. The number of primary amides is 1. The number of rotatable bonds is 2. The highest BCUT2D eigenvalue weighted by atomic mass is 32.2. The summed E-state index contributed by atoms with van der Waals surface area (Å²) in [6, 6.07) is 0. The lowest BCUT2D eigenvalue weighted by molar-refractivity contribution is 0.100. The Hall–Kier alpha value is -1.27. The first-order valence-electron chi connectivity index (χ1n) is 5.15. The van der Waals surface area contributed by atoms with E-state index >= 15 is 0 Å². The molecule has 2 N–H and O–H groups in total. The van der Waals surface area contributed by atoms with Crippen LogP contribution in [0.2, 0.25) is 0 Å². The lowest BCUT2D eigenvalue weighted by Gasteiger charge is -2.11. The number of nitrogens with zero attached hydrogens (tertiary/aromatic N) is 1. The molecule has 0 spiro atoms. The summed E-state index contributed by atoms with van der Waals surface area (Å²) in [6.07, 6.45) is 5.43. The minimum atomic E-state index is -0.352. The Morgan fingerprint density at radius 3 is 3.12 bits per heavy atom. The quantitative estimate of drug-likeness (QED) is 0.847. The first-order chi connectivity index (χ1) is 8.22. The first-order valence-corrected chi connectivity index (χ1v) is 7.20. The van der Waals surface area contributed by atoms with E-state index in [-0.39, 0.29) is 5.91 Å². The number of hydrogen-bond acceptors (Lipinski definition) is 5. The van der Waals surface area contributed by atoms with Gasteiger partial charge in [-0.1, -0.05) is 5.16 Å². The smallest absolute Gasteiger partial charge is 0.259 e. The van der Waals surface area contributed by atoms with Crippen LogP contribution in [0.3, 0.4) is 0 Å². The van der Waals surface area contributed by atoms with E-state index in [0.717, 1.165) is 39.5 Å². The third-order valence-corrected chi connectivity index (χ3v) is 5.27. The van der Waals surface area contributed by atoms with Gasteiger partial charge in [-0.25, -0.2) is 0 Å². The fraction of sp³-hybridized carbons (Fsp3) is 0.273. The van der Waals surface area contributed by atoms with E-state index < -0.39 is 0 Å². The van der Waals surface area contributed by atoms with Crippen LogP contribution in [0.1, 0.15) is 20.8 Å². The molecule has 3 rings (SSSR count). The van der Waals surface area contributed by atoms with Gasteiger partial charge in [0.15, 0.2) is 5.76 Å². The third-order valence-electron chi connectivity index (χ3n) is 2.90. The van der Waals surface area contributed by atoms with Crippen LogP contribution in [0.25, 0.3) is 11.3 Å². The Kier molecular flexibility index (Phi) is 2.48. The second-order valence-electron chi connectivity index (χ2n) is 3.82. The second kappa shape index (κ2) is 3.89. The van der Waals surface area contributed by atoms with E-state index in [1.54, 1.807) is 18.0 Å². The molecular weight excluding hydrogens is 256 g/mol. The lowest BCUT2D eigenvalue weighted by atomic mass is 9.93. The number of hydrogen-bond donors (Lipinski definition) is 1. The molecule has 0 saturated carbocycles. The maximum atomic E-state index is 11.4. The highest BCUT2D eigenvalue weighted by Crippen LogP contribution is 2.46. The van der Waals surface area contributed by atoms with Crippen molar-refractivity contribution in [3.63, 3.8) is 0 Å². The molecule has 1 aliphatic rings. The molecule has 0 radical (unpaired) electrons. The predicted octanol–water partition coefficient (Wildman–Crippen LogP) is 2.32. The van der Waals surface area contributed by atoms with Gasteiger partial charge < -0.3 is 10.3 Å². The third kappa shape index (κ3) is 1.51. The van der Waals surface area contributed by atoms with Crippen LogP contribution < -0.4 is 5.73 Å². The zero-order valence-electron chi connectivity index (χ0n) is 9.15. The van der Waals surface area contributed by atoms with E-state index in [9.17, 15) is 4.79 Å². The Morgan fingerprint density at radius 2 is 2.41 bits per heavy atom. The van der Waals surface area contributed by atoms with Crippen molar-refractivity contribution in [2.45, 2.75) is 17.1 Å². The van der Waals surface area contributed by atoms with E-state index in [1.165, 1.54) is 11.3 Å². The van der Waals surface area contributed by atoms with Crippen molar-refractivity contribution in [2.24, 2.45) is 5.73 Å². The van der Waals surface area contributed by atoms with Gasteiger partial charge in [0.25, 0.3) is 5.91 Å². The largest absolute Gasteiger partial charge is 0.365 e. The van der Waals surface area contributed by atoms with Gasteiger partial charge in [-0.15, -0.1) is 23.1 Å². The van der Waals surface area contributed by atoms with Gasteiger partial charge in [-0.2, -0.15) is 0 Å². The topological polar surface area (TPSA) is 69.1 Å². The zero-order valence-corrected chi connectivity index (χ0v) is 10.8. The number of carbonyl (C=O) groups excluding carboxylic acids is 1. The predicted molar refractivity (Wildman–Crippen MR) is 67.5 cm³/mol. The van der Waals surface area contributed by atoms with E-state index in [2.05, 4.69) is 5.16 Å². The molecule has 1 aliphatic carbocycles. The van der Waals surface area contributed by atoms with Crippen LogP contribution in [-0.2, 0) is 12.8 Å². The highest BCUT2D eigenvalue weighted by molar-refractivity contribution is 8.00. The van der Waals surface area contributed by atoms with Crippen molar-refractivity contribution < 1.29 is 9.32 Å². The maximum absolute atomic E-state index is 11.4. The van der Waals surface area contributed by atoms with Gasteiger partial charge in [0.2, 0.25) is 0 Å². The van der Waals surface area contributed by atoms with Crippen LogP contribution in [0.15, 0.2) is 14.9 Å². The normalized spacial score (nSPS) is 13.2. The molecule has 0 fully saturated rings. The Balaban J connectivity index is 2.29. The van der Waals surface area contributed by atoms with Gasteiger partial charge in [0.05, 0.1) is 15.3 Å². The van der Waals surface area contributed by atoms with Gasteiger partial charge >= 0.3 is 0 Å². The fourth-order valence-corrected chi connectivity index (χ4v) is 4.09. The SMILES string of the molecule is CSc1sc(C(N)=O)c2c1-c1oncc1CC2. The molecular formula is C11H10N2O2S2. The number of amides is 1. The molecule has 2 aromatic rings. The number of thioether (sulfide) groups is 1. The first kappa shape index (κ1) is 10.9. The average molecular weight is 266 g/mol. The average Bonchev–Trinajstić information content (AvgIpc) is 2.91. The summed E-state index contributed by atoms with van der Waals surface area (Å²) < 4.78 is 6.38. The molecule has 6 heteroatoms. The molecule has 0 bridgehead atoms. The molecule has 0 unspecified atom stereocenters. The molecule has 0 atom stereocenters. The van der Waals surface area contributed by atoms with Crippen molar-refractivity contribution in [3.8, 4) is 11.3 Å². The van der Waals surface area contributed by atoms with Crippen LogP contribution in [0.4, 0.5) is 0 Å². The summed E-state index contributed by atoms with van der Waals surface area (Å²) in [7, 11) is 0. The number of carbonyl (C=O) groups is 1. The van der Waals surface area contributed by atoms with Crippen LogP contribution in [-0.4, -0.2) is 17.3 Å². The molecule has 0 aromatic carbocycles. The van der Waals surface area contributed by atoms with Crippen molar-refractivity contribution in [1.82, 2.24) is 5.16 Å². The monoisotopic (exact) mass is 266 g/mol. The molecule has 0 aliphatic heterocycles. The number of aryl methyl sites for hydroxylation is 1. The van der Waals surface area contributed by atoms with Crippen LogP contribution in [0.5, 0.6) is 0 Å². The van der Waals surface area contributed by atoms with Crippen molar-refractivity contribution in [1.29, 1.82) is 0 Å². The highest BCUT2D eigenvalue weighted by Gasteiger charge is 2.29. The van der Waals surface area contributed by atoms with E-state index in [0.29, 0.717) is 4.88 Å². The standard InChI is InChI=1S/C11H10N2O2S2/c1-16-11-7-6(9(17-11)10(12)14)3-2-5-4-13-15-8(5)7/h4H,2-3H2,1H3,(H2,12,14). The fourth-order valence-electron chi connectivity index (χ4n) is 2.16. The molecule has 17 heavy (non-hydrogen) atoms. The molecule has 2 heterocycles. The maximum Gasteiger partial charge on any atom is 0.259 e. The summed E-state index contributed by atoms with van der Waals surface area (Å²) >= 11 is 3.06. The number of aromatic nitrogens is 1. The molecule has 4 nitrogen and oxygen atoms in total. The number of thiophene rings is 1. The molecule has 2 aromatic heterocycles. The van der Waals surface area contributed by atoms with Crippen LogP contribution >= 0.6 is 23.1 Å². The second-order valence-corrected chi connectivity index (χ2v) is 5.92. The van der Waals surface area contributed by atoms with Crippen molar-refractivity contribution in [3.05, 3.63) is 22.2 Å². The zero-order chi connectivity index (χ0) is 12.0. The summed E-state index contributed by atoms with van der Waals surface area (Å²) in [5, 5.41) is 3.84. The minimum absolute atomic E-state index is 0.352. The van der Waals surface area contributed by atoms with Gasteiger partial charge in [0.1, 0.15) is 0 Å².